The third kappa shape index (κ3) is 2.05. The molecule has 17 heavy (non-hydrogen) atoms. The second kappa shape index (κ2) is 4.46. The van der Waals surface area contributed by atoms with Gasteiger partial charge in [-0.05, 0) is 23.9 Å². The second-order valence-corrected chi connectivity index (χ2v) is 5.07. The van der Waals surface area contributed by atoms with Gasteiger partial charge >= 0.3 is 0 Å². The van der Waals surface area contributed by atoms with Crippen LogP contribution in [0.25, 0.3) is 10.7 Å². The average Bonchev–Trinajstić information content (AvgIpc) is 2.98. The van der Waals surface area contributed by atoms with E-state index in [1.54, 1.807) is 11.3 Å². The van der Waals surface area contributed by atoms with Crippen LogP contribution in [-0.4, -0.2) is 41.4 Å². The van der Waals surface area contributed by atoms with Crippen molar-refractivity contribution in [2.75, 3.05) is 31.1 Å². The van der Waals surface area contributed by atoms with Crippen molar-refractivity contribution in [3.63, 3.8) is 0 Å². The predicted molar refractivity (Wildman–Crippen MR) is 69.5 cm³/mol. The van der Waals surface area contributed by atoms with Crippen molar-refractivity contribution in [3.8, 4) is 10.7 Å². The Kier molecular flexibility index (Phi) is 2.82. The molecular formula is C11H15N5S. The number of hydrogen-bond acceptors (Lipinski definition) is 5. The summed E-state index contributed by atoms with van der Waals surface area (Å²) in [6, 6.07) is 2.10. The normalized spacial score (nSPS) is 16.4. The Bertz CT molecular complexity index is 497. The van der Waals surface area contributed by atoms with Gasteiger partial charge in [-0.3, -0.25) is 5.10 Å². The Morgan fingerprint density at radius 2 is 2.18 bits per heavy atom. The molecule has 1 aliphatic rings. The van der Waals surface area contributed by atoms with E-state index in [1.165, 1.54) is 10.4 Å². The molecule has 90 valence electrons. The molecule has 0 saturated carbocycles. The highest BCUT2D eigenvalue weighted by Gasteiger charge is 2.16. The molecule has 5 nitrogen and oxygen atoms in total. The van der Waals surface area contributed by atoms with E-state index >= 15 is 0 Å². The first-order chi connectivity index (χ1) is 8.34. The lowest BCUT2D eigenvalue weighted by molar-refractivity contribution is 0.580. The molecule has 0 spiro atoms. The van der Waals surface area contributed by atoms with Crippen LogP contribution < -0.4 is 10.2 Å². The monoisotopic (exact) mass is 249 g/mol. The van der Waals surface area contributed by atoms with Crippen LogP contribution in [0, 0.1) is 6.92 Å². The van der Waals surface area contributed by atoms with Gasteiger partial charge in [0.25, 0.3) is 0 Å². The summed E-state index contributed by atoms with van der Waals surface area (Å²) in [5, 5.41) is 12.7. The molecule has 3 rings (SSSR count). The van der Waals surface area contributed by atoms with Gasteiger partial charge in [-0.1, -0.05) is 0 Å². The van der Waals surface area contributed by atoms with Crippen LogP contribution in [0.4, 0.5) is 5.95 Å². The summed E-state index contributed by atoms with van der Waals surface area (Å²) in [6.45, 7) is 6.05. The minimum Gasteiger partial charge on any atom is -0.337 e. The number of aromatic nitrogens is 3. The number of nitrogens with one attached hydrogen (secondary N) is 2. The lowest BCUT2D eigenvalue weighted by Gasteiger charge is -2.25. The van der Waals surface area contributed by atoms with E-state index in [-0.39, 0.29) is 0 Å². The van der Waals surface area contributed by atoms with Crippen molar-refractivity contribution >= 4 is 17.3 Å². The number of piperazine rings is 1. The fraction of sp³-hybridized carbons (Fsp3) is 0.455. The molecule has 0 aromatic carbocycles. The molecule has 0 unspecified atom stereocenters. The quantitative estimate of drug-likeness (QED) is 0.841. The Morgan fingerprint density at radius 3 is 2.88 bits per heavy atom. The minimum atomic E-state index is 0.814. The Hall–Kier alpha value is -1.40. The first-order valence-electron chi connectivity index (χ1n) is 5.77. The highest BCUT2D eigenvalue weighted by molar-refractivity contribution is 7.13. The maximum atomic E-state index is 4.58. The van der Waals surface area contributed by atoms with Crippen LogP contribution in [0.1, 0.15) is 5.56 Å². The Balaban J connectivity index is 1.85. The summed E-state index contributed by atoms with van der Waals surface area (Å²) < 4.78 is 0. The molecule has 3 heterocycles. The molecule has 1 fully saturated rings. The van der Waals surface area contributed by atoms with E-state index in [0.29, 0.717) is 0 Å². The third-order valence-electron chi connectivity index (χ3n) is 2.95. The fourth-order valence-electron chi connectivity index (χ4n) is 1.98. The van der Waals surface area contributed by atoms with Crippen molar-refractivity contribution in [1.82, 2.24) is 20.5 Å². The molecule has 1 aliphatic heterocycles. The number of aromatic amines is 1. The summed E-state index contributed by atoms with van der Waals surface area (Å²) in [5.41, 5.74) is 1.25. The smallest absolute Gasteiger partial charge is 0.245 e. The van der Waals surface area contributed by atoms with Crippen LogP contribution in [-0.2, 0) is 0 Å². The molecule has 0 atom stereocenters. The Morgan fingerprint density at radius 1 is 1.35 bits per heavy atom. The van der Waals surface area contributed by atoms with Gasteiger partial charge in [0.1, 0.15) is 0 Å². The Labute approximate surface area is 104 Å². The zero-order chi connectivity index (χ0) is 11.7. The lowest BCUT2D eigenvalue weighted by Crippen LogP contribution is -2.44. The number of hydrogen-bond donors (Lipinski definition) is 2. The van der Waals surface area contributed by atoms with E-state index in [9.17, 15) is 0 Å². The number of H-pyrrole nitrogens is 1. The maximum Gasteiger partial charge on any atom is 0.245 e. The summed E-state index contributed by atoms with van der Waals surface area (Å²) in [5.74, 6) is 1.69. The van der Waals surface area contributed by atoms with E-state index in [1.807, 2.05) is 0 Å². The van der Waals surface area contributed by atoms with Crippen molar-refractivity contribution in [2.24, 2.45) is 0 Å². The molecule has 1 saturated heterocycles. The topological polar surface area (TPSA) is 56.8 Å². The SMILES string of the molecule is Cc1ccsc1-c1nc(N2CCNCC2)n[nH]1. The van der Waals surface area contributed by atoms with Crippen molar-refractivity contribution in [3.05, 3.63) is 17.0 Å². The van der Waals surface area contributed by atoms with Gasteiger partial charge in [0.2, 0.25) is 5.95 Å². The number of rotatable bonds is 2. The third-order valence-corrected chi connectivity index (χ3v) is 3.97. The standard InChI is InChI=1S/C11H15N5S/c1-8-2-7-17-9(8)10-13-11(15-14-10)16-5-3-12-4-6-16/h2,7,12H,3-6H2,1H3,(H,13,14,15). The zero-order valence-electron chi connectivity index (χ0n) is 9.73. The summed E-state index contributed by atoms with van der Waals surface area (Å²) >= 11 is 1.70. The predicted octanol–water partition coefficient (Wildman–Crippen LogP) is 1.25. The summed E-state index contributed by atoms with van der Waals surface area (Å²) in [4.78, 5) is 7.97. The molecule has 6 heteroatoms. The van der Waals surface area contributed by atoms with Crippen molar-refractivity contribution in [2.45, 2.75) is 6.92 Å². The maximum absolute atomic E-state index is 4.58. The lowest BCUT2D eigenvalue weighted by atomic mass is 10.3. The van der Waals surface area contributed by atoms with Crippen LogP contribution in [0.5, 0.6) is 0 Å². The van der Waals surface area contributed by atoms with Crippen LogP contribution in [0.2, 0.25) is 0 Å². The van der Waals surface area contributed by atoms with Gasteiger partial charge in [-0.15, -0.1) is 16.4 Å². The number of aryl methyl sites for hydroxylation is 1. The van der Waals surface area contributed by atoms with Gasteiger partial charge in [0, 0.05) is 26.2 Å². The molecule has 2 aromatic heterocycles. The fourth-order valence-corrected chi connectivity index (χ4v) is 2.84. The summed E-state index contributed by atoms with van der Waals surface area (Å²) in [7, 11) is 0. The van der Waals surface area contributed by atoms with Gasteiger partial charge in [0.15, 0.2) is 5.82 Å². The highest BCUT2D eigenvalue weighted by atomic mass is 32.1. The second-order valence-electron chi connectivity index (χ2n) is 4.15. The van der Waals surface area contributed by atoms with Crippen molar-refractivity contribution in [1.29, 1.82) is 0 Å². The van der Waals surface area contributed by atoms with E-state index in [2.05, 4.69) is 43.8 Å². The number of thiophene rings is 1. The molecule has 0 aliphatic carbocycles. The molecule has 2 aromatic rings. The van der Waals surface area contributed by atoms with E-state index in [4.69, 9.17) is 0 Å². The van der Waals surface area contributed by atoms with Gasteiger partial charge in [-0.2, -0.15) is 4.98 Å². The first-order valence-corrected chi connectivity index (χ1v) is 6.65. The molecular weight excluding hydrogens is 234 g/mol. The zero-order valence-corrected chi connectivity index (χ0v) is 10.5. The summed E-state index contributed by atoms with van der Waals surface area (Å²) in [6.07, 6.45) is 0. The molecule has 0 amide bonds. The van der Waals surface area contributed by atoms with Crippen molar-refractivity contribution < 1.29 is 0 Å². The molecule has 0 radical (unpaired) electrons. The van der Waals surface area contributed by atoms with Crippen LogP contribution in [0.3, 0.4) is 0 Å². The average molecular weight is 249 g/mol. The number of nitrogens with zero attached hydrogens (tertiary/aromatic N) is 3. The highest BCUT2D eigenvalue weighted by Crippen LogP contribution is 2.26. The van der Waals surface area contributed by atoms with Crippen LogP contribution in [0.15, 0.2) is 11.4 Å². The minimum absolute atomic E-state index is 0.814. The van der Waals surface area contributed by atoms with Gasteiger partial charge in [-0.25, -0.2) is 0 Å². The van der Waals surface area contributed by atoms with E-state index in [0.717, 1.165) is 38.0 Å². The largest absolute Gasteiger partial charge is 0.337 e. The molecule has 0 bridgehead atoms. The number of anilines is 1. The molecule has 2 N–H and O–H groups in total. The van der Waals surface area contributed by atoms with Crippen LogP contribution >= 0.6 is 11.3 Å². The first kappa shape index (κ1) is 10.7. The van der Waals surface area contributed by atoms with Gasteiger partial charge < -0.3 is 10.2 Å². The van der Waals surface area contributed by atoms with Gasteiger partial charge in [0.05, 0.1) is 4.88 Å². The van der Waals surface area contributed by atoms with E-state index < -0.39 is 0 Å².